The first-order valence-corrected chi connectivity index (χ1v) is 9.27. The molecule has 0 aliphatic carbocycles. The fourth-order valence-electron chi connectivity index (χ4n) is 4.07. The smallest absolute Gasteiger partial charge is 0.312 e. The summed E-state index contributed by atoms with van der Waals surface area (Å²) >= 11 is 0. The highest BCUT2D eigenvalue weighted by molar-refractivity contribution is 5.81. The summed E-state index contributed by atoms with van der Waals surface area (Å²) in [5.74, 6) is -0.217. The number of ether oxygens (including phenoxy) is 2. The lowest BCUT2D eigenvalue weighted by Crippen LogP contribution is -2.42. The maximum atomic E-state index is 12.6. The van der Waals surface area contributed by atoms with Gasteiger partial charge < -0.3 is 19.5 Å². The first-order valence-electron chi connectivity index (χ1n) is 9.27. The number of benzene rings is 1. The zero-order valence-electron chi connectivity index (χ0n) is 15.3. The van der Waals surface area contributed by atoms with Crippen LogP contribution < -0.4 is 4.74 Å². The summed E-state index contributed by atoms with van der Waals surface area (Å²) in [5, 5.41) is 10.0. The largest absolute Gasteiger partial charge is 0.493 e. The van der Waals surface area contributed by atoms with Crippen LogP contribution >= 0.6 is 0 Å². The maximum Gasteiger partial charge on any atom is 0.312 e. The molecule has 0 spiro atoms. The second kappa shape index (κ2) is 8.08. The minimum absolute atomic E-state index is 0.0457. The molecule has 2 aliphatic rings. The summed E-state index contributed by atoms with van der Waals surface area (Å²) in [6.07, 6.45) is 3.56. The topological polar surface area (TPSA) is 76.1 Å². The molecule has 0 saturated carbocycles. The summed E-state index contributed by atoms with van der Waals surface area (Å²) in [7, 11) is 1.67. The summed E-state index contributed by atoms with van der Waals surface area (Å²) in [6.45, 7) is 1.76. The van der Waals surface area contributed by atoms with Gasteiger partial charge in [-0.25, -0.2) is 0 Å². The molecule has 1 saturated heterocycles. The van der Waals surface area contributed by atoms with Crippen LogP contribution in [-0.2, 0) is 20.7 Å². The van der Waals surface area contributed by atoms with Crippen molar-refractivity contribution in [1.82, 2.24) is 4.90 Å². The molecule has 142 valence electrons. The number of amides is 1. The zero-order chi connectivity index (χ0) is 18.6. The SMILES string of the molecule is COCCCCCC(=O)N1C[C@@H]2COc3ccccc3C[C@]2(C(=O)O)C1. The van der Waals surface area contributed by atoms with Crippen molar-refractivity contribution in [1.29, 1.82) is 0 Å². The van der Waals surface area contributed by atoms with E-state index in [0.717, 1.165) is 30.6 Å². The van der Waals surface area contributed by atoms with Crippen molar-refractivity contribution in [3.8, 4) is 5.75 Å². The fourth-order valence-corrected chi connectivity index (χ4v) is 4.07. The molecule has 0 unspecified atom stereocenters. The van der Waals surface area contributed by atoms with Crippen molar-refractivity contribution in [2.75, 3.05) is 33.4 Å². The van der Waals surface area contributed by atoms with Crippen LogP contribution in [0.1, 0.15) is 31.2 Å². The summed E-state index contributed by atoms with van der Waals surface area (Å²) in [6, 6.07) is 7.60. The van der Waals surface area contributed by atoms with Crippen LogP contribution in [0.5, 0.6) is 5.75 Å². The number of nitrogens with zero attached hydrogens (tertiary/aromatic N) is 1. The molecule has 1 amide bonds. The van der Waals surface area contributed by atoms with E-state index >= 15 is 0 Å². The lowest BCUT2D eigenvalue weighted by atomic mass is 9.74. The summed E-state index contributed by atoms with van der Waals surface area (Å²) in [4.78, 5) is 26.5. The number of likely N-dealkylation sites (tertiary alicyclic amines) is 1. The van der Waals surface area contributed by atoms with E-state index in [1.165, 1.54) is 0 Å². The third kappa shape index (κ3) is 3.70. The van der Waals surface area contributed by atoms with Gasteiger partial charge in [0, 0.05) is 39.1 Å². The van der Waals surface area contributed by atoms with Gasteiger partial charge in [-0.05, 0) is 30.9 Å². The van der Waals surface area contributed by atoms with E-state index in [-0.39, 0.29) is 18.4 Å². The molecule has 0 aromatic heterocycles. The Balaban J connectivity index is 1.68. The van der Waals surface area contributed by atoms with Crippen molar-refractivity contribution in [3.05, 3.63) is 29.8 Å². The Morgan fingerprint density at radius 2 is 2.12 bits per heavy atom. The molecule has 0 bridgehead atoms. The molecule has 3 rings (SSSR count). The Bertz CT molecular complexity index is 661. The number of para-hydroxylation sites is 1. The van der Waals surface area contributed by atoms with Gasteiger partial charge in [0.05, 0.1) is 12.0 Å². The van der Waals surface area contributed by atoms with Crippen molar-refractivity contribution in [2.45, 2.75) is 32.1 Å². The molecule has 26 heavy (non-hydrogen) atoms. The Morgan fingerprint density at radius 1 is 1.31 bits per heavy atom. The van der Waals surface area contributed by atoms with Gasteiger partial charge >= 0.3 is 5.97 Å². The Labute approximate surface area is 154 Å². The minimum atomic E-state index is -0.960. The summed E-state index contributed by atoms with van der Waals surface area (Å²) < 4.78 is 10.9. The molecule has 6 heteroatoms. The molecule has 1 N–H and O–H groups in total. The van der Waals surface area contributed by atoms with Crippen molar-refractivity contribution >= 4 is 11.9 Å². The van der Waals surface area contributed by atoms with Crippen LogP contribution in [0.2, 0.25) is 0 Å². The number of rotatable bonds is 7. The summed E-state index contributed by atoms with van der Waals surface area (Å²) in [5.41, 5.74) is -0.0514. The molecule has 1 fully saturated rings. The molecule has 1 aromatic rings. The van der Waals surface area contributed by atoms with Gasteiger partial charge in [0.2, 0.25) is 5.91 Å². The predicted molar refractivity (Wildman–Crippen MR) is 96.1 cm³/mol. The number of aliphatic carboxylic acids is 1. The number of carboxylic acids is 1. The van der Waals surface area contributed by atoms with Crippen molar-refractivity contribution in [3.63, 3.8) is 0 Å². The number of carbonyl (C=O) groups excluding carboxylic acids is 1. The molecular weight excluding hydrogens is 334 g/mol. The molecule has 2 heterocycles. The van der Waals surface area contributed by atoms with Crippen LogP contribution in [0.25, 0.3) is 0 Å². The standard InChI is InChI=1S/C20H27NO5/c1-25-10-6-2-3-9-18(22)21-12-16-13-26-17-8-5-4-7-15(17)11-20(16,14-21)19(23)24/h4-5,7-8,16H,2-3,6,9-14H2,1H3,(H,23,24)/t16-,20+/m1/s1. The Kier molecular flexibility index (Phi) is 5.81. The van der Waals surface area contributed by atoms with Gasteiger partial charge in [-0.15, -0.1) is 0 Å². The Morgan fingerprint density at radius 3 is 2.88 bits per heavy atom. The third-order valence-electron chi connectivity index (χ3n) is 5.63. The number of carboxylic acid groups (broad SMARTS) is 1. The van der Waals surface area contributed by atoms with Crippen LogP contribution in [0.15, 0.2) is 24.3 Å². The first-order chi connectivity index (χ1) is 12.6. The highest BCUT2D eigenvalue weighted by Gasteiger charge is 2.54. The normalized spacial score (nSPS) is 24.3. The lowest BCUT2D eigenvalue weighted by molar-refractivity contribution is -0.151. The van der Waals surface area contributed by atoms with E-state index in [2.05, 4.69) is 0 Å². The van der Waals surface area contributed by atoms with Crippen LogP contribution in [-0.4, -0.2) is 55.3 Å². The molecule has 2 atom stereocenters. The van der Waals surface area contributed by atoms with Crippen LogP contribution in [0.3, 0.4) is 0 Å². The minimum Gasteiger partial charge on any atom is -0.493 e. The van der Waals surface area contributed by atoms with E-state index in [1.54, 1.807) is 12.0 Å². The monoisotopic (exact) mass is 361 g/mol. The number of methoxy groups -OCH3 is 1. The van der Waals surface area contributed by atoms with Crippen LogP contribution in [0.4, 0.5) is 0 Å². The quantitative estimate of drug-likeness (QED) is 0.755. The van der Waals surface area contributed by atoms with Crippen molar-refractivity contribution in [2.24, 2.45) is 11.3 Å². The van der Waals surface area contributed by atoms with E-state index in [1.807, 2.05) is 24.3 Å². The fraction of sp³-hybridized carbons (Fsp3) is 0.600. The van der Waals surface area contributed by atoms with Gasteiger partial charge in [0.1, 0.15) is 5.75 Å². The Hall–Kier alpha value is -2.08. The maximum absolute atomic E-state index is 12.6. The van der Waals surface area contributed by atoms with E-state index in [0.29, 0.717) is 32.6 Å². The molecule has 0 radical (unpaired) electrons. The average molecular weight is 361 g/mol. The van der Waals surface area contributed by atoms with Gasteiger partial charge in [-0.2, -0.15) is 0 Å². The second-order valence-electron chi connectivity index (χ2n) is 7.33. The number of unbranched alkanes of at least 4 members (excludes halogenated alkanes) is 2. The number of hydrogen-bond donors (Lipinski definition) is 1. The molecule has 1 aromatic carbocycles. The molecule has 6 nitrogen and oxygen atoms in total. The number of fused-ring (bicyclic) bond motifs is 2. The number of carbonyl (C=O) groups is 2. The predicted octanol–water partition coefficient (Wildman–Crippen LogP) is 2.36. The molecule has 2 aliphatic heterocycles. The number of hydrogen-bond acceptors (Lipinski definition) is 4. The van der Waals surface area contributed by atoms with E-state index in [9.17, 15) is 14.7 Å². The highest BCUT2D eigenvalue weighted by atomic mass is 16.5. The van der Waals surface area contributed by atoms with E-state index < -0.39 is 11.4 Å². The second-order valence-corrected chi connectivity index (χ2v) is 7.33. The first kappa shape index (κ1) is 18.7. The van der Waals surface area contributed by atoms with Gasteiger partial charge in [0.15, 0.2) is 0 Å². The van der Waals surface area contributed by atoms with Gasteiger partial charge in [0.25, 0.3) is 0 Å². The van der Waals surface area contributed by atoms with Gasteiger partial charge in [-0.1, -0.05) is 24.6 Å². The highest BCUT2D eigenvalue weighted by Crippen LogP contribution is 2.44. The average Bonchev–Trinajstić information content (AvgIpc) is 2.93. The lowest BCUT2D eigenvalue weighted by Gasteiger charge is -2.27. The van der Waals surface area contributed by atoms with Crippen LogP contribution in [0, 0.1) is 11.3 Å². The third-order valence-corrected chi connectivity index (χ3v) is 5.63. The van der Waals surface area contributed by atoms with Crippen molar-refractivity contribution < 1.29 is 24.2 Å². The molecular formula is C20H27NO5. The van der Waals surface area contributed by atoms with Gasteiger partial charge in [-0.3, -0.25) is 9.59 Å². The van der Waals surface area contributed by atoms with E-state index in [4.69, 9.17) is 9.47 Å². The zero-order valence-corrected chi connectivity index (χ0v) is 15.3.